The van der Waals surface area contributed by atoms with Gasteiger partial charge in [0.1, 0.15) is 6.17 Å². The van der Waals surface area contributed by atoms with Crippen molar-refractivity contribution in [3.63, 3.8) is 0 Å². The average Bonchev–Trinajstić information content (AvgIpc) is 2.84. The molecule has 8 nitrogen and oxygen atoms in total. The first kappa shape index (κ1) is 18.4. The zero-order valence-corrected chi connectivity index (χ0v) is 11.9. The zero-order chi connectivity index (χ0) is 16.9. The van der Waals surface area contributed by atoms with E-state index in [0.29, 0.717) is 11.0 Å². The summed E-state index contributed by atoms with van der Waals surface area (Å²) in [5, 5.41) is 24.7. The van der Waals surface area contributed by atoms with E-state index in [2.05, 4.69) is 4.98 Å². The Balaban J connectivity index is 0.000000422. The predicted molar refractivity (Wildman–Crippen MR) is 71.9 cm³/mol. The maximum atomic E-state index is 13.5. The summed E-state index contributed by atoms with van der Waals surface area (Å²) in [5.41, 5.74) is 4.21. The lowest BCUT2D eigenvalue weighted by Crippen LogP contribution is -2.31. The Bertz CT molecular complexity index is 540. The number of hydrogen-bond donors (Lipinski definition) is 4. The average molecular weight is 323 g/mol. The fourth-order valence-corrected chi connectivity index (χ4v) is 1.70. The van der Waals surface area contributed by atoms with E-state index in [4.69, 9.17) is 25.8 Å². The van der Waals surface area contributed by atoms with Gasteiger partial charge in [-0.25, -0.2) is 13.6 Å². The lowest BCUT2D eigenvalue weighted by atomic mass is 10.2. The molecule has 0 amide bonds. The van der Waals surface area contributed by atoms with Crippen LogP contribution in [0, 0.1) is 5.82 Å². The summed E-state index contributed by atoms with van der Waals surface area (Å²) in [4.78, 5) is 14.6. The number of ether oxygens (including phenoxy) is 1. The van der Waals surface area contributed by atoms with E-state index in [1.807, 2.05) is 0 Å². The predicted octanol–water partition coefficient (Wildman–Crippen LogP) is -0.710. The van der Waals surface area contributed by atoms with Crippen molar-refractivity contribution >= 4 is 5.82 Å². The zero-order valence-electron chi connectivity index (χ0n) is 11.9. The van der Waals surface area contributed by atoms with Gasteiger partial charge in [-0.05, 0) is 6.42 Å². The number of hydrogen-bond acceptors (Lipinski definition) is 7. The molecule has 1 aromatic heterocycles. The molecule has 22 heavy (non-hydrogen) atoms. The van der Waals surface area contributed by atoms with Crippen molar-refractivity contribution < 1.29 is 28.8 Å². The molecule has 0 saturated carbocycles. The summed E-state index contributed by atoms with van der Waals surface area (Å²) >= 11 is 0. The van der Waals surface area contributed by atoms with Crippen LogP contribution in [0.2, 0.25) is 0 Å². The van der Waals surface area contributed by atoms with Crippen LogP contribution in [0.25, 0.3) is 0 Å². The molecule has 2 heterocycles. The van der Waals surface area contributed by atoms with Crippen molar-refractivity contribution in [2.45, 2.75) is 44.6 Å². The van der Waals surface area contributed by atoms with E-state index >= 15 is 0 Å². The molecule has 1 saturated heterocycles. The highest BCUT2D eigenvalue weighted by atomic mass is 19.1. The van der Waals surface area contributed by atoms with Crippen LogP contribution in [0.1, 0.15) is 26.0 Å². The Morgan fingerprint density at radius 2 is 2.18 bits per heavy atom. The lowest BCUT2D eigenvalue weighted by molar-refractivity contribution is -0.0413. The van der Waals surface area contributed by atoms with Crippen LogP contribution >= 0.6 is 0 Å². The number of rotatable bonds is 3. The number of alkyl halides is 1. The molecular formula is C12H19F2N3O5. The SMILES string of the molecule is CCC(O)O.Nc1nc(=O)n(C2OC(CO)CC2F)cc1F. The number of aromatic nitrogens is 2. The third kappa shape index (κ3) is 4.70. The van der Waals surface area contributed by atoms with Crippen LogP contribution in [0.15, 0.2) is 11.0 Å². The number of anilines is 1. The number of nitrogen functional groups attached to an aromatic ring is 1. The van der Waals surface area contributed by atoms with Crippen molar-refractivity contribution in [2.24, 2.45) is 0 Å². The number of aliphatic hydroxyl groups excluding tert-OH is 2. The molecule has 126 valence electrons. The van der Waals surface area contributed by atoms with Crippen LogP contribution in [-0.4, -0.2) is 50.0 Å². The molecule has 5 N–H and O–H groups in total. The van der Waals surface area contributed by atoms with Gasteiger partial charge >= 0.3 is 5.69 Å². The molecule has 0 radical (unpaired) electrons. The van der Waals surface area contributed by atoms with Crippen LogP contribution < -0.4 is 11.4 Å². The molecular weight excluding hydrogens is 304 g/mol. The Morgan fingerprint density at radius 3 is 2.64 bits per heavy atom. The van der Waals surface area contributed by atoms with Gasteiger partial charge in [0.25, 0.3) is 0 Å². The van der Waals surface area contributed by atoms with Crippen LogP contribution in [-0.2, 0) is 4.74 Å². The Kier molecular flexibility index (Phi) is 6.81. The fourth-order valence-electron chi connectivity index (χ4n) is 1.70. The van der Waals surface area contributed by atoms with E-state index in [1.54, 1.807) is 6.92 Å². The van der Waals surface area contributed by atoms with Gasteiger partial charge in [-0.1, -0.05) is 6.92 Å². The van der Waals surface area contributed by atoms with Gasteiger partial charge in [-0.3, -0.25) is 4.57 Å². The largest absolute Gasteiger partial charge is 0.394 e. The van der Waals surface area contributed by atoms with E-state index < -0.39 is 42.1 Å². The minimum absolute atomic E-state index is 0.0560. The van der Waals surface area contributed by atoms with E-state index in [0.717, 1.165) is 6.20 Å². The first-order valence-electron chi connectivity index (χ1n) is 6.60. The monoisotopic (exact) mass is 323 g/mol. The number of nitrogens with two attached hydrogens (primary N) is 1. The topological polar surface area (TPSA) is 131 Å². The number of aliphatic hydroxyl groups is 3. The molecule has 0 aliphatic carbocycles. The van der Waals surface area contributed by atoms with Crippen molar-refractivity contribution in [1.82, 2.24) is 9.55 Å². The smallest absolute Gasteiger partial charge is 0.351 e. The van der Waals surface area contributed by atoms with Gasteiger partial charge in [0.15, 0.2) is 24.2 Å². The van der Waals surface area contributed by atoms with Crippen molar-refractivity contribution in [3.8, 4) is 0 Å². The molecule has 1 aliphatic heterocycles. The maximum Gasteiger partial charge on any atom is 0.351 e. The third-order valence-corrected chi connectivity index (χ3v) is 2.91. The minimum Gasteiger partial charge on any atom is -0.394 e. The number of nitrogens with zero attached hydrogens (tertiary/aromatic N) is 2. The summed E-state index contributed by atoms with van der Waals surface area (Å²) in [6.07, 6.45) is -3.49. The van der Waals surface area contributed by atoms with Gasteiger partial charge in [0, 0.05) is 6.42 Å². The summed E-state index contributed by atoms with van der Waals surface area (Å²) in [6.45, 7) is 1.33. The summed E-state index contributed by atoms with van der Waals surface area (Å²) < 4.78 is 32.5. The first-order chi connectivity index (χ1) is 10.3. The van der Waals surface area contributed by atoms with Gasteiger partial charge < -0.3 is 25.8 Å². The highest BCUT2D eigenvalue weighted by Crippen LogP contribution is 2.30. The normalized spacial score (nSPS) is 24.2. The molecule has 10 heteroatoms. The number of halogens is 2. The molecule has 0 bridgehead atoms. The van der Waals surface area contributed by atoms with Gasteiger partial charge in [-0.15, -0.1) is 0 Å². The van der Waals surface area contributed by atoms with E-state index in [-0.39, 0.29) is 13.0 Å². The first-order valence-corrected chi connectivity index (χ1v) is 6.60. The van der Waals surface area contributed by atoms with E-state index in [9.17, 15) is 13.6 Å². The van der Waals surface area contributed by atoms with Crippen molar-refractivity contribution in [3.05, 3.63) is 22.5 Å². The van der Waals surface area contributed by atoms with Gasteiger partial charge in [0.2, 0.25) is 0 Å². The van der Waals surface area contributed by atoms with Gasteiger partial charge in [-0.2, -0.15) is 4.98 Å². The third-order valence-electron chi connectivity index (χ3n) is 2.91. The van der Waals surface area contributed by atoms with Crippen molar-refractivity contribution in [1.29, 1.82) is 0 Å². The minimum atomic E-state index is -1.50. The van der Waals surface area contributed by atoms with Gasteiger partial charge in [0.05, 0.1) is 18.9 Å². The summed E-state index contributed by atoms with van der Waals surface area (Å²) in [6, 6.07) is 0. The molecule has 1 fully saturated rings. The Hall–Kier alpha value is -1.62. The molecule has 1 aromatic rings. The fraction of sp³-hybridized carbons (Fsp3) is 0.667. The van der Waals surface area contributed by atoms with Crippen LogP contribution in [0.3, 0.4) is 0 Å². The highest BCUT2D eigenvalue weighted by molar-refractivity contribution is 5.26. The van der Waals surface area contributed by atoms with Crippen LogP contribution in [0.4, 0.5) is 14.6 Å². The highest BCUT2D eigenvalue weighted by Gasteiger charge is 2.37. The summed E-state index contributed by atoms with van der Waals surface area (Å²) in [7, 11) is 0. The maximum absolute atomic E-state index is 13.5. The molecule has 0 spiro atoms. The van der Waals surface area contributed by atoms with Crippen LogP contribution in [0.5, 0.6) is 0 Å². The second-order valence-corrected chi connectivity index (χ2v) is 4.64. The quantitative estimate of drug-likeness (QED) is 0.540. The molecule has 3 atom stereocenters. The molecule has 1 aliphatic rings. The molecule has 2 rings (SSSR count). The lowest BCUT2D eigenvalue weighted by Gasteiger charge is -2.16. The summed E-state index contributed by atoms with van der Waals surface area (Å²) in [5.74, 6) is -1.47. The standard InChI is InChI=1S/C9H11F2N3O3.C3H8O2/c10-5-1-4(3-15)17-8(5)14-2-6(11)7(12)13-9(14)16;1-2-3(4)5/h2,4-5,8,15H,1,3H2,(H2,12,13,16);3-5H,2H2,1H3. The Morgan fingerprint density at radius 1 is 1.59 bits per heavy atom. The second kappa shape index (κ2) is 8.13. The molecule has 3 unspecified atom stereocenters. The van der Waals surface area contributed by atoms with Crippen molar-refractivity contribution in [2.75, 3.05) is 12.3 Å². The van der Waals surface area contributed by atoms with E-state index in [1.165, 1.54) is 0 Å². The second-order valence-electron chi connectivity index (χ2n) is 4.64. The molecule has 0 aromatic carbocycles. The Labute approximate surface area is 124 Å².